The Morgan fingerprint density at radius 1 is 1.50 bits per heavy atom. The van der Waals surface area contributed by atoms with Crippen molar-refractivity contribution in [3.05, 3.63) is 23.9 Å². The molecule has 0 bridgehead atoms. The predicted octanol–water partition coefficient (Wildman–Crippen LogP) is 2.02. The maximum atomic E-state index is 12.0. The van der Waals surface area contributed by atoms with Crippen LogP contribution in [0.15, 0.2) is 18.3 Å². The van der Waals surface area contributed by atoms with Crippen molar-refractivity contribution < 1.29 is 4.79 Å². The topological polar surface area (TPSA) is 33.2 Å². The number of nitrogens with zero attached hydrogens (tertiary/aromatic N) is 2. The molecule has 1 aromatic heterocycles. The lowest BCUT2D eigenvalue weighted by molar-refractivity contribution is -0.120. The molecule has 2 heterocycles. The number of aromatic nitrogens is 1. The van der Waals surface area contributed by atoms with E-state index in [9.17, 15) is 4.79 Å². The lowest BCUT2D eigenvalue weighted by Crippen LogP contribution is -2.37. The molecule has 1 aliphatic carbocycles. The predicted molar refractivity (Wildman–Crippen MR) is 62.2 cm³/mol. The average Bonchev–Trinajstić information content (AvgIpc) is 3.10. The number of hydrogen-bond donors (Lipinski definition) is 0. The molecule has 2 aliphatic rings. The Balaban J connectivity index is 1.82. The summed E-state index contributed by atoms with van der Waals surface area (Å²) in [6, 6.07) is 4.04. The maximum absolute atomic E-state index is 12.0. The van der Waals surface area contributed by atoms with Crippen LogP contribution in [0.5, 0.6) is 0 Å². The number of carbonyl (C=O) groups is 1. The molecule has 3 nitrogen and oxygen atoms in total. The zero-order valence-electron chi connectivity index (χ0n) is 9.52. The van der Waals surface area contributed by atoms with Crippen LogP contribution in [0, 0.1) is 11.8 Å². The average molecular weight is 216 g/mol. The first-order valence-electron chi connectivity index (χ1n) is 6.06. The molecule has 0 spiro atoms. The van der Waals surface area contributed by atoms with Gasteiger partial charge in [-0.15, -0.1) is 0 Å². The van der Waals surface area contributed by atoms with Crippen LogP contribution < -0.4 is 4.90 Å². The van der Waals surface area contributed by atoms with Gasteiger partial charge < -0.3 is 0 Å². The van der Waals surface area contributed by atoms with Gasteiger partial charge in [0.15, 0.2) is 0 Å². The molecular weight excluding hydrogens is 200 g/mol. The van der Waals surface area contributed by atoms with Gasteiger partial charge >= 0.3 is 0 Å². The summed E-state index contributed by atoms with van der Waals surface area (Å²) < 4.78 is 0. The molecule has 1 saturated heterocycles. The van der Waals surface area contributed by atoms with E-state index in [0.717, 1.165) is 31.6 Å². The molecule has 84 valence electrons. The van der Waals surface area contributed by atoms with Crippen LogP contribution in [-0.2, 0) is 11.2 Å². The zero-order valence-corrected chi connectivity index (χ0v) is 9.52. The minimum Gasteiger partial charge on any atom is -0.297 e. The number of fused-ring (bicyclic) bond motifs is 1. The summed E-state index contributed by atoms with van der Waals surface area (Å²) in [5.41, 5.74) is 1.22. The summed E-state index contributed by atoms with van der Waals surface area (Å²) in [4.78, 5) is 18.2. The molecule has 1 aliphatic heterocycles. The third kappa shape index (κ3) is 1.51. The highest BCUT2D eigenvalue weighted by atomic mass is 16.2. The summed E-state index contributed by atoms with van der Waals surface area (Å²) in [6.45, 7) is 2.95. The minimum atomic E-state index is 0.285. The number of pyridine rings is 1. The van der Waals surface area contributed by atoms with Crippen LogP contribution in [0.1, 0.15) is 25.3 Å². The van der Waals surface area contributed by atoms with Crippen molar-refractivity contribution in [2.24, 2.45) is 11.8 Å². The van der Waals surface area contributed by atoms with Crippen molar-refractivity contribution >= 4 is 11.7 Å². The van der Waals surface area contributed by atoms with Gasteiger partial charge in [0.2, 0.25) is 5.91 Å². The highest BCUT2D eigenvalue weighted by molar-refractivity contribution is 5.96. The molecule has 1 amide bonds. The van der Waals surface area contributed by atoms with E-state index in [1.165, 1.54) is 5.56 Å². The molecule has 1 aromatic rings. The Hall–Kier alpha value is -1.38. The fraction of sp³-hybridized carbons (Fsp3) is 0.538. The largest absolute Gasteiger partial charge is 0.297 e. The number of amides is 1. The first kappa shape index (κ1) is 9.82. The fourth-order valence-corrected chi connectivity index (χ4v) is 2.49. The highest BCUT2D eigenvalue weighted by Crippen LogP contribution is 2.46. The van der Waals surface area contributed by atoms with Gasteiger partial charge in [-0.3, -0.25) is 9.69 Å². The van der Waals surface area contributed by atoms with E-state index in [1.807, 2.05) is 17.2 Å². The third-order valence-corrected chi connectivity index (χ3v) is 3.72. The monoisotopic (exact) mass is 216 g/mol. The number of carbonyl (C=O) groups excluding carboxylic acids is 1. The molecule has 16 heavy (non-hydrogen) atoms. The van der Waals surface area contributed by atoms with Crippen LogP contribution >= 0.6 is 0 Å². The highest BCUT2D eigenvalue weighted by Gasteiger charge is 2.48. The molecule has 2 fully saturated rings. The van der Waals surface area contributed by atoms with E-state index in [4.69, 9.17) is 0 Å². The first-order valence-corrected chi connectivity index (χ1v) is 6.06. The standard InChI is InChI=1S/C13H16N2O/c1-2-9-3-4-12(14-8-9)15-6-5-10-7-11(10)13(15)16/h3-4,8,10-11H,2,5-7H2,1H3. The van der Waals surface area contributed by atoms with Gasteiger partial charge in [-0.2, -0.15) is 0 Å². The number of rotatable bonds is 2. The van der Waals surface area contributed by atoms with Crippen LogP contribution in [0.4, 0.5) is 5.82 Å². The van der Waals surface area contributed by atoms with E-state index >= 15 is 0 Å². The molecule has 0 radical (unpaired) electrons. The number of anilines is 1. The second-order valence-corrected chi connectivity index (χ2v) is 4.76. The normalized spacial score (nSPS) is 27.8. The summed E-state index contributed by atoms with van der Waals surface area (Å²) in [5.74, 6) is 2.10. The second-order valence-electron chi connectivity index (χ2n) is 4.76. The van der Waals surface area contributed by atoms with E-state index in [1.54, 1.807) is 0 Å². The Morgan fingerprint density at radius 2 is 2.38 bits per heavy atom. The molecule has 0 aromatic carbocycles. The zero-order chi connectivity index (χ0) is 11.1. The quantitative estimate of drug-likeness (QED) is 0.757. The van der Waals surface area contributed by atoms with Crippen molar-refractivity contribution in [2.45, 2.75) is 26.2 Å². The first-order chi connectivity index (χ1) is 7.79. The Morgan fingerprint density at radius 3 is 3.06 bits per heavy atom. The number of hydrogen-bond acceptors (Lipinski definition) is 2. The van der Waals surface area contributed by atoms with Gasteiger partial charge in [0.1, 0.15) is 5.82 Å². The SMILES string of the molecule is CCc1ccc(N2CCC3CC3C2=O)nc1. The van der Waals surface area contributed by atoms with Crippen molar-refractivity contribution in [3.8, 4) is 0 Å². The van der Waals surface area contributed by atoms with Gasteiger partial charge in [-0.05, 0) is 36.8 Å². The molecule has 2 atom stereocenters. The lowest BCUT2D eigenvalue weighted by atomic mass is 10.1. The van der Waals surface area contributed by atoms with E-state index in [-0.39, 0.29) is 5.91 Å². The molecule has 1 saturated carbocycles. The summed E-state index contributed by atoms with van der Waals surface area (Å²) >= 11 is 0. The molecule has 2 unspecified atom stereocenters. The third-order valence-electron chi connectivity index (χ3n) is 3.72. The lowest BCUT2D eigenvalue weighted by Gasteiger charge is -2.25. The van der Waals surface area contributed by atoms with E-state index in [0.29, 0.717) is 11.8 Å². The molecule has 3 rings (SSSR count). The Kier molecular flexibility index (Phi) is 2.20. The van der Waals surface area contributed by atoms with Crippen molar-refractivity contribution in [2.75, 3.05) is 11.4 Å². The molecular formula is C13H16N2O. The van der Waals surface area contributed by atoms with E-state index in [2.05, 4.69) is 18.0 Å². The van der Waals surface area contributed by atoms with Gasteiger partial charge in [-0.1, -0.05) is 13.0 Å². The number of aryl methyl sites for hydroxylation is 1. The molecule has 3 heteroatoms. The van der Waals surface area contributed by atoms with Crippen LogP contribution in [0.3, 0.4) is 0 Å². The van der Waals surface area contributed by atoms with Crippen molar-refractivity contribution in [3.63, 3.8) is 0 Å². The van der Waals surface area contributed by atoms with Crippen LogP contribution in [0.25, 0.3) is 0 Å². The smallest absolute Gasteiger partial charge is 0.231 e. The second kappa shape index (κ2) is 3.58. The van der Waals surface area contributed by atoms with Crippen molar-refractivity contribution in [1.82, 2.24) is 4.98 Å². The summed E-state index contributed by atoms with van der Waals surface area (Å²) in [5, 5.41) is 0. The summed E-state index contributed by atoms with van der Waals surface area (Å²) in [6.07, 6.45) is 5.11. The molecule has 0 N–H and O–H groups in total. The van der Waals surface area contributed by atoms with Gasteiger partial charge in [0.05, 0.1) is 0 Å². The van der Waals surface area contributed by atoms with Gasteiger partial charge in [-0.25, -0.2) is 4.98 Å². The number of piperidine rings is 1. The van der Waals surface area contributed by atoms with Gasteiger partial charge in [0, 0.05) is 18.7 Å². The van der Waals surface area contributed by atoms with Crippen LogP contribution in [-0.4, -0.2) is 17.4 Å². The fourth-order valence-electron chi connectivity index (χ4n) is 2.49. The maximum Gasteiger partial charge on any atom is 0.231 e. The van der Waals surface area contributed by atoms with Crippen molar-refractivity contribution in [1.29, 1.82) is 0 Å². The van der Waals surface area contributed by atoms with Crippen LogP contribution in [0.2, 0.25) is 0 Å². The Labute approximate surface area is 95.5 Å². The summed E-state index contributed by atoms with van der Waals surface area (Å²) in [7, 11) is 0. The minimum absolute atomic E-state index is 0.285. The Bertz CT molecular complexity index is 412. The van der Waals surface area contributed by atoms with E-state index < -0.39 is 0 Å². The van der Waals surface area contributed by atoms with Gasteiger partial charge in [0.25, 0.3) is 0 Å².